The maximum atomic E-state index is 11.7. The van der Waals surface area contributed by atoms with Crippen LogP contribution < -0.4 is 0 Å². The molecule has 0 atom stereocenters. The summed E-state index contributed by atoms with van der Waals surface area (Å²) < 4.78 is 0. The van der Waals surface area contributed by atoms with Crippen LogP contribution in [0.25, 0.3) is 0 Å². The summed E-state index contributed by atoms with van der Waals surface area (Å²) in [5.41, 5.74) is 0.544. The summed E-state index contributed by atoms with van der Waals surface area (Å²) in [7, 11) is 0. The molecule has 0 aliphatic rings. The first-order valence-electron chi connectivity index (χ1n) is 4.88. The van der Waals surface area contributed by atoms with Crippen LogP contribution in [0.5, 0.6) is 0 Å². The average molecular weight is 214 g/mol. The van der Waals surface area contributed by atoms with Crippen molar-refractivity contribution < 1.29 is 9.59 Å². The third-order valence-corrected chi connectivity index (χ3v) is 2.18. The summed E-state index contributed by atoms with van der Waals surface area (Å²) in [5, 5.41) is 0. The Kier molecular flexibility index (Phi) is 2.91. The fourth-order valence-corrected chi connectivity index (χ4v) is 1.37. The lowest BCUT2D eigenvalue weighted by atomic mass is 10.1. The first-order chi connectivity index (χ1) is 7.77. The molecule has 0 amide bonds. The van der Waals surface area contributed by atoms with Crippen molar-refractivity contribution in [3.8, 4) is 0 Å². The third-order valence-electron chi connectivity index (χ3n) is 2.18. The molecule has 1 N–H and O–H groups in total. The molecule has 0 radical (unpaired) electrons. The normalized spacial score (nSPS) is 10.0. The molecule has 4 heteroatoms. The molecule has 1 aromatic heterocycles. The molecule has 2 aromatic rings. The second kappa shape index (κ2) is 4.53. The van der Waals surface area contributed by atoms with E-state index in [0.717, 1.165) is 0 Å². The van der Waals surface area contributed by atoms with Crippen molar-refractivity contribution >= 4 is 11.6 Å². The van der Waals surface area contributed by atoms with Gasteiger partial charge in [0.1, 0.15) is 0 Å². The van der Waals surface area contributed by atoms with Gasteiger partial charge in [-0.1, -0.05) is 30.3 Å². The first-order valence-corrected chi connectivity index (χ1v) is 4.88. The number of hydrogen-bond donors (Lipinski definition) is 1. The maximum Gasteiger partial charge on any atom is 0.205 e. The molecule has 0 bridgehead atoms. The summed E-state index contributed by atoms with van der Waals surface area (Å²) in [5.74, 6) is -0.259. The number of aromatic amines is 1. The van der Waals surface area contributed by atoms with Crippen LogP contribution in [-0.4, -0.2) is 21.5 Å². The number of hydrogen-bond acceptors (Lipinski definition) is 3. The van der Waals surface area contributed by atoms with Crippen LogP contribution in [0.4, 0.5) is 0 Å². The third kappa shape index (κ3) is 2.23. The van der Waals surface area contributed by atoms with Gasteiger partial charge >= 0.3 is 0 Å². The van der Waals surface area contributed by atoms with Gasteiger partial charge < -0.3 is 4.98 Å². The fraction of sp³-hybridized carbons (Fsp3) is 0.0833. The highest BCUT2D eigenvalue weighted by molar-refractivity contribution is 6.12. The molecule has 0 saturated heterocycles. The zero-order valence-electron chi connectivity index (χ0n) is 8.51. The smallest absolute Gasteiger partial charge is 0.205 e. The second-order valence-electron chi connectivity index (χ2n) is 3.33. The first kappa shape index (κ1) is 10.3. The van der Waals surface area contributed by atoms with E-state index < -0.39 is 0 Å². The fourth-order valence-electron chi connectivity index (χ4n) is 1.37. The minimum absolute atomic E-state index is 0.155. The van der Waals surface area contributed by atoms with Crippen LogP contribution in [0, 0.1) is 0 Å². The molecule has 0 unspecified atom stereocenters. The van der Waals surface area contributed by atoms with Gasteiger partial charge in [-0.2, -0.15) is 0 Å². The predicted octanol–water partition coefficient (Wildman–Crippen LogP) is 1.87. The Bertz CT molecular complexity index is 489. The van der Waals surface area contributed by atoms with Gasteiger partial charge in [-0.3, -0.25) is 9.59 Å². The lowest BCUT2D eigenvalue weighted by Crippen LogP contribution is -2.09. The quantitative estimate of drug-likeness (QED) is 0.624. The molecule has 0 saturated carbocycles. The average Bonchev–Trinajstić information content (AvgIpc) is 2.83. The van der Waals surface area contributed by atoms with Gasteiger partial charge in [0.05, 0.1) is 6.42 Å². The molecule has 4 nitrogen and oxygen atoms in total. The molecular formula is C12H10N2O2. The van der Waals surface area contributed by atoms with Crippen molar-refractivity contribution in [3.05, 3.63) is 54.1 Å². The minimum atomic E-state index is -0.293. The lowest BCUT2D eigenvalue weighted by Gasteiger charge is -1.98. The second-order valence-corrected chi connectivity index (χ2v) is 3.33. The van der Waals surface area contributed by atoms with Crippen LogP contribution in [0.3, 0.4) is 0 Å². The van der Waals surface area contributed by atoms with E-state index >= 15 is 0 Å². The Morgan fingerprint density at radius 3 is 2.50 bits per heavy atom. The zero-order chi connectivity index (χ0) is 11.4. The number of imidazole rings is 1. The van der Waals surface area contributed by atoms with Gasteiger partial charge in [-0.05, 0) is 0 Å². The summed E-state index contributed by atoms with van der Waals surface area (Å²) in [6.07, 6.45) is 2.89. The van der Waals surface area contributed by atoms with E-state index in [1.807, 2.05) is 6.07 Å². The lowest BCUT2D eigenvalue weighted by molar-refractivity contribution is 0.0889. The van der Waals surface area contributed by atoms with Crippen LogP contribution >= 0.6 is 0 Å². The van der Waals surface area contributed by atoms with Gasteiger partial charge in [0, 0.05) is 18.0 Å². The Labute approximate surface area is 92.3 Å². The molecule has 1 aromatic carbocycles. The van der Waals surface area contributed by atoms with Crippen LogP contribution in [0.2, 0.25) is 0 Å². The van der Waals surface area contributed by atoms with E-state index in [9.17, 15) is 9.59 Å². The Balaban J connectivity index is 2.06. The molecule has 16 heavy (non-hydrogen) atoms. The van der Waals surface area contributed by atoms with Gasteiger partial charge in [-0.25, -0.2) is 4.98 Å². The Morgan fingerprint density at radius 2 is 1.88 bits per heavy atom. The summed E-state index contributed by atoms with van der Waals surface area (Å²) in [4.78, 5) is 29.7. The summed E-state index contributed by atoms with van der Waals surface area (Å²) >= 11 is 0. The molecule has 1 heterocycles. The highest BCUT2D eigenvalue weighted by Gasteiger charge is 2.14. The monoisotopic (exact) mass is 214 g/mol. The minimum Gasteiger partial charge on any atom is -0.342 e. The summed E-state index contributed by atoms with van der Waals surface area (Å²) in [6, 6.07) is 8.75. The van der Waals surface area contributed by atoms with E-state index in [0.29, 0.717) is 5.56 Å². The molecular weight excluding hydrogens is 204 g/mol. The van der Waals surface area contributed by atoms with Gasteiger partial charge in [0.15, 0.2) is 11.6 Å². The molecule has 2 rings (SSSR count). The number of rotatable bonds is 4. The number of nitrogens with zero attached hydrogens (tertiary/aromatic N) is 1. The number of ketones is 2. The molecule has 0 aliphatic carbocycles. The van der Waals surface area contributed by atoms with Crippen molar-refractivity contribution in [2.45, 2.75) is 6.42 Å². The standard InChI is InChI=1S/C12H10N2O2/c15-10(9-4-2-1-3-5-9)8-11(16)12-13-6-7-14-12/h1-7H,8H2,(H,13,14). The predicted molar refractivity (Wildman–Crippen MR) is 58.3 cm³/mol. The molecule has 0 fully saturated rings. The highest BCUT2D eigenvalue weighted by Crippen LogP contribution is 2.05. The molecule has 0 spiro atoms. The largest absolute Gasteiger partial charge is 0.342 e. The van der Waals surface area contributed by atoms with E-state index in [1.54, 1.807) is 30.5 Å². The van der Waals surface area contributed by atoms with Gasteiger partial charge in [0.2, 0.25) is 5.78 Å². The van der Waals surface area contributed by atoms with Crippen molar-refractivity contribution in [3.63, 3.8) is 0 Å². The Hall–Kier alpha value is -2.23. The number of H-pyrrole nitrogens is 1. The van der Waals surface area contributed by atoms with Gasteiger partial charge in [-0.15, -0.1) is 0 Å². The maximum absolute atomic E-state index is 11.7. The number of benzene rings is 1. The summed E-state index contributed by atoms with van der Waals surface area (Å²) in [6.45, 7) is 0. The number of carbonyl (C=O) groups is 2. The SMILES string of the molecule is O=C(CC(=O)c1ncc[nH]1)c1ccccc1. The van der Waals surface area contributed by atoms with Gasteiger partial charge in [0.25, 0.3) is 0 Å². The van der Waals surface area contributed by atoms with E-state index in [-0.39, 0.29) is 23.8 Å². The van der Waals surface area contributed by atoms with Crippen LogP contribution in [-0.2, 0) is 0 Å². The topological polar surface area (TPSA) is 62.8 Å². The van der Waals surface area contributed by atoms with Crippen molar-refractivity contribution in [1.82, 2.24) is 9.97 Å². The van der Waals surface area contributed by atoms with Crippen molar-refractivity contribution in [2.24, 2.45) is 0 Å². The van der Waals surface area contributed by atoms with E-state index in [4.69, 9.17) is 0 Å². The number of nitrogens with one attached hydrogen (secondary N) is 1. The number of Topliss-reactive ketones (excluding diaryl/α,β-unsaturated/α-hetero) is 2. The van der Waals surface area contributed by atoms with Crippen LogP contribution in [0.1, 0.15) is 27.4 Å². The number of aromatic nitrogens is 2. The van der Waals surface area contributed by atoms with E-state index in [2.05, 4.69) is 9.97 Å². The highest BCUT2D eigenvalue weighted by atomic mass is 16.1. The molecule has 80 valence electrons. The van der Waals surface area contributed by atoms with E-state index in [1.165, 1.54) is 6.20 Å². The van der Waals surface area contributed by atoms with Crippen molar-refractivity contribution in [1.29, 1.82) is 0 Å². The van der Waals surface area contributed by atoms with Crippen LogP contribution in [0.15, 0.2) is 42.7 Å². The van der Waals surface area contributed by atoms with Crippen molar-refractivity contribution in [2.75, 3.05) is 0 Å². The zero-order valence-corrected chi connectivity index (χ0v) is 8.51. The Morgan fingerprint density at radius 1 is 1.12 bits per heavy atom. The number of carbonyl (C=O) groups excluding carboxylic acids is 2. The molecule has 0 aliphatic heterocycles.